The molecule has 14 heteroatoms. The van der Waals surface area contributed by atoms with Gasteiger partial charge in [-0.15, -0.1) is 18.3 Å². The Kier molecular flexibility index (Phi) is 7.97. The normalized spacial score (nSPS) is 12.6. The van der Waals surface area contributed by atoms with Gasteiger partial charge < -0.3 is 15.9 Å². The van der Waals surface area contributed by atoms with Crippen molar-refractivity contribution in [3.63, 3.8) is 0 Å². The number of benzene rings is 1. The van der Waals surface area contributed by atoms with Crippen LogP contribution in [-0.2, 0) is 9.59 Å². The van der Waals surface area contributed by atoms with E-state index in [1.807, 2.05) is 0 Å². The Bertz CT molecular complexity index is 852. The summed E-state index contributed by atoms with van der Waals surface area (Å²) in [5.41, 5.74) is -1.14. The van der Waals surface area contributed by atoms with Gasteiger partial charge in [-0.3, -0.25) is 25.3 Å². The lowest BCUT2D eigenvalue weighted by atomic mass is 10.0. The van der Waals surface area contributed by atoms with Crippen LogP contribution in [0.5, 0.6) is 5.75 Å². The van der Waals surface area contributed by atoms with Crippen LogP contribution in [0.4, 0.5) is 13.2 Å². The fraction of sp³-hybridized carbons (Fsp3) is 0.200. The molecule has 0 bridgehead atoms. The Balaban J connectivity index is 3.28. The molecule has 158 valence electrons. The molecule has 29 heavy (non-hydrogen) atoms. The Labute approximate surface area is 167 Å². The number of nitrogens with two attached hydrogens (primary N) is 2. The predicted octanol–water partition coefficient (Wildman–Crippen LogP) is 0.452. The topological polar surface area (TPSA) is 159 Å². The minimum absolute atomic E-state index is 0.0325. The minimum atomic E-state index is -4.89. The van der Waals surface area contributed by atoms with E-state index in [2.05, 4.69) is 20.5 Å². The van der Waals surface area contributed by atoms with E-state index in [9.17, 15) is 22.8 Å². The van der Waals surface area contributed by atoms with E-state index >= 15 is 0 Å². The second-order valence-electron chi connectivity index (χ2n) is 5.23. The maximum Gasteiger partial charge on any atom is 0.573 e. The largest absolute Gasteiger partial charge is 0.573 e. The average Bonchev–Trinajstić information content (AvgIpc) is 2.64. The van der Waals surface area contributed by atoms with Crippen molar-refractivity contribution in [2.75, 3.05) is 14.1 Å². The van der Waals surface area contributed by atoms with Gasteiger partial charge in [0.25, 0.3) is 11.8 Å². The number of nitrogens with one attached hydrogen (secondary N) is 3. The molecule has 0 unspecified atom stereocenters. The van der Waals surface area contributed by atoms with Crippen LogP contribution in [0.15, 0.2) is 34.4 Å². The highest BCUT2D eigenvalue weighted by Crippen LogP contribution is 2.27. The van der Waals surface area contributed by atoms with Crippen molar-refractivity contribution in [1.29, 1.82) is 5.41 Å². The summed E-state index contributed by atoms with van der Waals surface area (Å²) in [4.78, 5) is 24.4. The van der Waals surface area contributed by atoms with Crippen LogP contribution in [0.2, 0.25) is 0 Å². The Morgan fingerprint density at radius 2 is 1.79 bits per heavy atom. The van der Waals surface area contributed by atoms with Gasteiger partial charge in [0.15, 0.2) is 0 Å². The fourth-order valence-electron chi connectivity index (χ4n) is 1.91. The van der Waals surface area contributed by atoms with Crippen LogP contribution in [0, 0.1) is 5.41 Å². The molecule has 1 rings (SSSR count). The molecule has 0 spiro atoms. The van der Waals surface area contributed by atoms with Crippen molar-refractivity contribution in [3.05, 3.63) is 34.9 Å². The third-order valence-corrected chi connectivity index (χ3v) is 3.56. The van der Waals surface area contributed by atoms with Gasteiger partial charge in [0.1, 0.15) is 11.5 Å². The van der Waals surface area contributed by atoms with Gasteiger partial charge in [-0.1, -0.05) is 23.7 Å². The van der Waals surface area contributed by atoms with Gasteiger partial charge in [0.2, 0.25) is 5.96 Å². The Morgan fingerprint density at radius 3 is 2.21 bits per heavy atom. The van der Waals surface area contributed by atoms with Crippen molar-refractivity contribution < 1.29 is 27.5 Å². The number of rotatable bonds is 5. The highest BCUT2D eigenvalue weighted by Gasteiger charge is 2.31. The number of hydrogen-bond donors (Lipinski definition) is 5. The van der Waals surface area contributed by atoms with Gasteiger partial charge in [0.05, 0.1) is 10.6 Å². The third kappa shape index (κ3) is 6.65. The maximum atomic E-state index is 12.3. The quantitative estimate of drug-likeness (QED) is 0.148. The van der Waals surface area contributed by atoms with Crippen molar-refractivity contribution in [3.8, 4) is 5.75 Å². The number of likely N-dealkylation sites (N-methyl/N-ethyl adjacent to an activating group) is 1. The van der Waals surface area contributed by atoms with Crippen LogP contribution in [0.1, 0.15) is 5.56 Å². The Morgan fingerprint density at radius 1 is 1.24 bits per heavy atom. The lowest BCUT2D eigenvalue weighted by Gasteiger charge is -2.16. The summed E-state index contributed by atoms with van der Waals surface area (Å²) >= 11 is 6.06. The molecule has 2 amide bonds. The van der Waals surface area contributed by atoms with E-state index in [1.165, 1.54) is 14.1 Å². The number of amides is 2. The molecule has 0 saturated heterocycles. The molecular weight excluding hydrogens is 419 g/mol. The van der Waals surface area contributed by atoms with Crippen LogP contribution >= 0.6 is 11.6 Å². The second kappa shape index (κ2) is 9.75. The first-order valence-electron chi connectivity index (χ1n) is 7.55. The monoisotopic (exact) mass is 435 g/mol. The third-order valence-electron chi connectivity index (χ3n) is 3.18. The van der Waals surface area contributed by atoms with Crippen LogP contribution in [0.25, 0.3) is 5.57 Å². The van der Waals surface area contributed by atoms with Gasteiger partial charge in [-0.2, -0.15) is 0 Å². The maximum absolute atomic E-state index is 12.3. The molecular formula is C15H17ClF3N7O3. The summed E-state index contributed by atoms with van der Waals surface area (Å²) < 4.78 is 40.6. The summed E-state index contributed by atoms with van der Waals surface area (Å²) in [5.74, 6) is 7.74. The summed E-state index contributed by atoms with van der Waals surface area (Å²) in [6.07, 6.45) is -4.89. The summed E-state index contributed by atoms with van der Waals surface area (Å²) in [5, 5.41) is 15.8. The van der Waals surface area contributed by atoms with Gasteiger partial charge in [0, 0.05) is 14.1 Å². The lowest BCUT2D eigenvalue weighted by molar-refractivity contribution is -0.274. The molecule has 1 aromatic rings. The number of hydrazine groups is 1. The number of ether oxygens (including phenoxy) is 1. The molecule has 0 heterocycles. The number of guanidine groups is 1. The molecule has 0 aliphatic rings. The first kappa shape index (κ1) is 23.7. The lowest BCUT2D eigenvalue weighted by Crippen LogP contribution is -2.48. The molecule has 0 fully saturated rings. The van der Waals surface area contributed by atoms with E-state index in [1.54, 1.807) is 0 Å². The highest BCUT2D eigenvalue weighted by molar-refractivity contribution is 6.63. The molecule has 0 radical (unpaired) electrons. The summed E-state index contributed by atoms with van der Waals surface area (Å²) in [6.45, 7) is 0. The number of carbonyl (C=O) groups is 2. The smallest absolute Gasteiger partial charge is 0.406 e. The van der Waals surface area contributed by atoms with Crippen molar-refractivity contribution >= 4 is 40.7 Å². The SMILES string of the molecule is CNC(=O)/C(=C(/Cl)C(=N)C(=O)N/C(=N/N)N(C)N)c1ccc(OC(F)(F)F)cc1. The van der Waals surface area contributed by atoms with Crippen LogP contribution in [-0.4, -0.2) is 49.0 Å². The molecule has 0 aliphatic heterocycles. The van der Waals surface area contributed by atoms with E-state index in [0.717, 1.165) is 29.3 Å². The van der Waals surface area contributed by atoms with Crippen LogP contribution < -0.4 is 27.1 Å². The fourth-order valence-corrected chi connectivity index (χ4v) is 2.19. The molecule has 0 saturated carbocycles. The minimum Gasteiger partial charge on any atom is -0.406 e. The standard InChI is InChI=1S/C15H17ClF3N7O3/c1-23-12(27)9(7-3-5-8(6-4-7)29-15(17,18)19)10(16)11(20)13(28)24-14(25-21)26(2)22/h3-6,20H,21-22H2,1-2H3,(H,23,27)(H,24,25,28)/b10-9+,20-11?. The number of hydrazone groups is 1. The van der Waals surface area contributed by atoms with Crippen LogP contribution in [0.3, 0.4) is 0 Å². The highest BCUT2D eigenvalue weighted by atomic mass is 35.5. The Hall–Kier alpha value is -3.32. The van der Waals surface area contributed by atoms with Crippen molar-refractivity contribution in [2.45, 2.75) is 6.36 Å². The molecule has 0 aliphatic carbocycles. The van der Waals surface area contributed by atoms with Gasteiger partial charge >= 0.3 is 6.36 Å². The zero-order valence-corrected chi connectivity index (χ0v) is 15.9. The second-order valence-corrected chi connectivity index (χ2v) is 5.61. The van der Waals surface area contributed by atoms with Crippen molar-refractivity contribution in [2.24, 2.45) is 16.8 Å². The summed E-state index contributed by atoms with van der Waals surface area (Å²) in [6, 6.07) is 4.11. The molecule has 1 aromatic carbocycles. The number of halogens is 4. The zero-order chi connectivity index (χ0) is 22.4. The number of hydrogen-bond acceptors (Lipinski definition) is 7. The number of carbonyl (C=O) groups excluding carboxylic acids is 2. The predicted molar refractivity (Wildman–Crippen MR) is 99.4 cm³/mol. The molecule has 10 nitrogen and oxygen atoms in total. The first-order valence-corrected chi connectivity index (χ1v) is 7.93. The zero-order valence-electron chi connectivity index (χ0n) is 15.1. The molecule has 0 atom stereocenters. The van der Waals surface area contributed by atoms with Crippen molar-refractivity contribution in [1.82, 2.24) is 15.6 Å². The molecule has 7 N–H and O–H groups in total. The number of nitrogens with zero attached hydrogens (tertiary/aromatic N) is 2. The average molecular weight is 436 g/mol. The molecule has 0 aromatic heterocycles. The van der Waals surface area contributed by atoms with E-state index in [-0.39, 0.29) is 17.1 Å². The van der Waals surface area contributed by atoms with E-state index in [4.69, 9.17) is 28.7 Å². The van der Waals surface area contributed by atoms with E-state index in [0.29, 0.717) is 0 Å². The number of alkyl halides is 3. The summed E-state index contributed by atoms with van der Waals surface area (Å²) in [7, 11) is 2.58. The first-order chi connectivity index (χ1) is 13.4. The van der Waals surface area contributed by atoms with Gasteiger partial charge in [-0.25, -0.2) is 5.84 Å². The van der Waals surface area contributed by atoms with Gasteiger partial charge in [-0.05, 0) is 17.7 Å². The van der Waals surface area contributed by atoms with E-state index < -0.39 is 34.7 Å².